The van der Waals surface area contributed by atoms with E-state index in [1.807, 2.05) is 40.9 Å². The van der Waals surface area contributed by atoms with E-state index in [0.717, 1.165) is 49.5 Å². The summed E-state index contributed by atoms with van der Waals surface area (Å²) in [5.41, 5.74) is 0.910. The molecule has 1 amide bonds. The van der Waals surface area contributed by atoms with Crippen LogP contribution in [0.5, 0.6) is 0 Å². The predicted octanol–water partition coefficient (Wildman–Crippen LogP) is 2.71. The van der Waals surface area contributed by atoms with E-state index >= 15 is 0 Å². The SMILES string of the molecule is O=C(CC1CSCCN1)N1CCC(C(O)c2ccc(Cl)cc2)CC1. The molecule has 2 aliphatic heterocycles. The van der Waals surface area contributed by atoms with Crippen molar-refractivity contribution in [3.63, 3.8) is 0 Å². The van der Waals surface area contributed by atoms with Crippen molar-refractivity contribution in [2.24, 2.45) is 5.92 Å². The summed E-state index contributed by atoms with van der Waals surface area (Å²) in [5, 5.41) is 14.7. The summed E-state index contributed by atoms with van der Waals surface area (Å²) in [5.74, 6) is 2.61. The molecule has 2 unspecified atom stereocenters. The lowest BCUT2D eigenvalue weighted by molar-refractivity contribution is -0.133. The van der Waals surface area contributed by atoms with Crippen molar-refractivity contribution in [1.82, 2.24) is 10.2 Å². The second-order valence-electron chi connectivity index (χ2n) is 6.64. The third-order valence-electron chi connectivity index (χ3n) is 4.97. The van der Waals surface area contributed by atoms with Gasteiger partial charge in [-0.1, -0.05) is 23.7 Å². The molecule has 4 nitrogen and oxygen atoms in total. The Labute approximate surface area is 152 Å². The predicted molar refractivity (Wildman–Crippen MR) is 99.4 cm³/mol. The highest BCUT2D eigenvalue weighted by molar-refractivity contribution is 7.99. The average Bonchev–Trinajstić information content (AvgIpc) is 2.63. The minimum absolute atomic E-state index is 0.207. The second-order valence-corrected chi connectivity index (χ2v) is 8.23. The molecule has 0 aromatic heterocycles. The number of carbonyl (C=O) groups excluding carboxylic acids is 1. The molecule has 2 N–H and O–H groups in total. The number of benzene rings is 1. The number of amides is 1. The Balaban J connectivity index is 1.47. The summed E-state index contributed by atoms with van der Waals surface area (Å²) in [6.45, 7) is 2.49. The fourth-order valence-corrected chi connectivity index (χ4v) is 4.56. The van der Waals surface area contributed by atoms with Crippen molar-refractivity contribution >= 4 is 29.3 Å². The minimum Gasteiger partial charge on any atom is -0.388 e. The first-order valence-corrected chi connectivity index (χ1v) is 10.2. The molecule has 1 aromatic rings. The maximum absolute atomic E-state index is 12.4. The number of hydrogen-bond acceptors (Lipinski definition) is 4. The molecular weight excluding hydrogens is 344 g/mol. The normalized spacial score (nSPS) is 23.9. The van der Waals surface area contributed by atoms with Gasteiger partial charge < -0.3 is 15.3 Å². The standard InChI is InChI=1S/C18H25ClN2O2S/c19-15-3-1-13(2-4-15)18(23)14-5-8-21(9-6-14)17(22)11-16-12-24-10-7-20-16/h1-4,14,16,18,20,23H,5-12H2. The lowest BCUT2D eigenvalue weighted by atomic mass is 9.87. The fourth-order valence-electron chi connectivity index (χ4n) is 3.49. The van der Waals surface area contributed by atoms with Crippen LogP contribution in [0.4, 0.5) is 0 Å². The molecule has 3 rings (SSSR count). The Bertz CT molecular complexity index is 540. The van der Waals surface area contributed by atoms with Gasteiger partial charge >= 0.3 is 0 Å². The van der Waals surface area contributed by atoms with Crippen LogP contribution in [0.1, 0.15) is 30.9 Å². The summed E-state index contributed by atoms with van der Waals surface area (Å²) in [4.78, 5) is 14.4. The molecule has 0 spiro atoms. The number of piperidine rings is 1. The van der Waals surface area contributed by atoms with E-state index in [1.54, 1.807) is 0 Å². The quantitative estimate of drug-likeness (QED) is 0.858. The smallest absolute Gasteiger partial charge is 0.224 e. The van der Waals surface area contributed by atoms with Crippen LogP contribution in [-0.2, 0) is 4.79 Å². The monoisotopic (exact) mass is 368 g/mol. The zero-order valence-corrected chi connectivity index (χ0v) is 15.4. The van der Waals surface area contributed by atoms with Gasteiger partial charge in [-0.15, -0.1) is 0 Å². The second kappa shape index (κ2) is 8.56. The van der Waals surface area contributed by atoms with Crippen LogP contribution in [0.3, 0.4) is 0 Å². The fraction of sp³-hybridized carbons (Fsp3) is 0.611. The Morgan fingerprint density at radius 1 is 1.33 bits per heavy atom. The van der Waals surface area contributed by atoms with Crippen LogP contribution < -0.4 is 5.32 Å². The molecule has 2 saturated heterocycles. The Morgan fingerprint density at radius 2 is 2.04 bits per heavy atom. The molecule has 2 aliphatic rings. The van der Waals surface area contributed by atoms with E-state index in [9.17, 15) is 9.90 Å². The number of nitrogens with one attached hydrogen (secondary N) is 1. The summed E-state index contributed by atoms with van der Waals surface area (Å²) >= 11 is 7.82. The van der Waals surface area contributed by atoms with Crippen molar-refractivity contribution in [2.75, 3.05) is 31.1 Å². The third-order valence-corrected chi connectivity index (χ3v) is 6.35. The first-order valence-electron chi connectivity index (χ1n) is 8.66. The molecule has 0 radical (unpaired) electrons. The zero-order valence-electron chi connectivity index (χ0n) is 13.8. The highest BCUT2D eigenvalue weighted by atomic mass is 35.5. The van der Waals surface area contributed by atoms with Gasteiger partial charge in [0.25, 0.3) is 0 Å². The molecule has 0 bridgehead atoms. The molecule has 6 heteroatoms. The summed E-state index contributed by atoms with van der Waals surface area (Å²) < 4.78 is 0. The van der Waals surface area contributed by atoms with Gasteiger partial charge in [-0.05, 0) is 36.5 Å². The van der Waals surface area contributed by atoms with Crippen molar-refractivity contribution in [1.29, 1.82) is 0 Å². The highest BCUT2D eigenvalue weighted by Crippen LogP contribution is 2.31. The van der Waals surface area contributed by atoms with Gasteiger partial charge in [-0.3, -0.25) is 4.79 Å². The van der Waals surface area contributed by atoms with Crippen LogP contribution >= 0.6 is 23.4 Å². The number of halogens is 1. The lowest BCUT2D eigenvalue weighted by Gasteiger charge is -2.35. The van der Waals surface area contributed by atoms with E-state index in [2.05, 4.69) is 5.32 Å². The summed E-state index contributed by atoms with van der Waals surface area (Å²) in [7, 11) is 0. The number of rotatable bonds is 4. The van der Waals surface area contributed by atoms with Crippen molar-refractivity contribution in [3.8, 4) is 0 Å². The lowest BCUT2D eigenvalue weighted by Crippen LogP contribution is -2.45. The van der Waals surface area contributed by atoms with Crippen molar-refractivity contribution in [2.45, 2.75) is 31.4 Å². The molecule has 2 fully saturated rings. The first-order chi connectivity index (χ1) is 11.6. The molecule has 24 heavy (non-hydrogen) atoms. The van der Waals surface area contributed by atoms with Gasteiger partial charge in [-0.2, -0.15) is 11.8 Å². The molecule has 132 valence electrons. The first kappa shape index (κ1) is 18.1. The van der Waals surface area contributed by atoms with Crippen LogP contribution in [0.25, 0.3) is 0 Å². The van der Waals surface area contributed by atoms with Crippen LogP contribution in [-0.4, -0.2) is 53.1 Å². The van der Waals surface area contributed by atoms with E-state index in [-0.39, 0.29) is 11.8 Å². The number of likely N-dealkylation sites (tertiary alicyclic amines) is 1. The van der Waals surface area contributed by atoms with Gasteiger partial charge in [-0.25, -0.2) is 0 Å². The molecule has 0 aliphatic carbocycles. The minimum atomic E-state index is -0.476. The van der Waals surface area contributed by atoms with Crippen LogP contribution in [0, 0.1) is 5.92 Å². The van der Waals surface area contributed by atoms with E-state index in [0.29, 0.717) is 17.5 Å². The zero-order chi connectivity index (χ0) is 16.9. The van der Waals surface area contributed by atoms with Gasteiger partial charge in [0, 0.05) is 48.6 Å². The number of hydrogen-bond donors (Lipinski definition) is 2. The van der Waals surface area contributed by atoms with Crippen LogP contribution in [0.15, 0.2) is 24.3 Å². The highest BCUT2D eigenvalue weighted by Gasteiger charge is 2.29. The summed E-state index contributed by atoms with van der Waals surface area (Å²) in [6.07, 6.45) is 1.82. The Morgan fingerprint density at radius 3 is 2.67 bits per heavy atom. The van der Waals surface area contributed by atoms with Crippen molar-refractivity contribution < 1.29 is 9.90 Å². The largest absolute Gasteiger partial charge is 0.388 e. The maximum atomic E-state index is 12.4. The Hall–Kier alpha value is -0.750. The number of nitrogens with zero attached hydrogens (tertiary/aromatic N) is 1. The number of carbonyl (C=O) groups is 1. The van der Waals surface area contributed by atoms with Gasteiger partial charge in [0.2, 0.25) is 5.91 Å². The summed E-state index contributed by atoms with van der Waals surface area (Å²) in [6, 6.07) is 7.71. The van der Waals surface area contributed by atoms with Gasteiger partial charge in [0.05, 0.1) is 6.10 Å². The average molecular weight is 369 g/mol. The van der Waals surface area contributed by atoms with Crippen molar-refractivity contribution in [3.05, 3.63) is 34.9 Å². The molecule has 2 atom stereocenters. The maximum Gasteiger partial charge on any atom is 0.224 e. The van der Waals surface area contributed by atoms with E-state index in [4.69, 9.17) is 11.6 Å². The van der Waals surface area contributed by atoms with E-state index < -0.39 is 6.10 Å². The topological polar surface area (TPSA) is 52.6 Å². The molecular formula is C18H25ClN2O2S. The number of aliphatic hydroxyl groups is 1. The number of thioether (sulfide) groups is 1. The molecule has 0 saturated carbocycles. The Kier molecular flexibility index (Phi) is 6.44. The molecule has 1 aromatic carbocycles. The van der Waals surface area contributed by atoms with Crippen LogP contribution in [0.2, 0.25) is 5.02 Å². The van der Waals surface area contributed by atoms with Gasteiger partial charge in [0.1, 0.15) is 0 Å². The van der Waals surface area contributed by atoms with E-state index in [1.165, 1.54) is 0 Å². The molecule has 2 heterocycles. The third kappa shape index (κ3) is 4.66. The number of aliphatic hydroxyl groups excluding tert-OH is 1. The van der Waals surface area contributed by atoms with Gasteiger partial charge in [0.15, 0.2) is 0 Å².